The largest absolute Gasteiger partial charge is 0.467 e. The molecule has 34 heavy (non-hydrogen) atoms. The highest BCUT2D eigenvalue weighted by molar-refractivity contribution is 7.89. The van der Waals surface area contributed by atoms with Crippen LogP contribution in [0.4, 0.5) is 9.18 Å². The van der Waals surface area contributed by atoms with Crippen molar-refractivity contribution in [2.24, 2.45) is 0 Å². The zero-order chi connectivity index (χ0) is 24.3. The van der Waals surface area contributed by atoms with E-state index < -0.39 is 33.9 Å². The highest BCUT2D eigenvalue weighted by Crippen LogP contribution is 2.29. The van der Waals surface area contributed by atoms with Crippen molar-refractivity contribution in [2.45, 2.75) is 17.9 Å². The molecule has 1 aromatic heterocycles. The second kappa shape index (κ2) is 9.95. The van der Waals surface area contributed by atoms with Crippen molar-refractivity contribution >= 4 is 22.0 Å². The summed E-state index contributed by atoms with van der Waals surface area (Å²) < 4.78 is 50.9. The van der Waals surface area contributed by atoms with Crippen molar-refractivity contribution in [3.8, 4) is 0 Å². The van der Waals surface area contributed by atoms with E-state index in [9.17, 15) is 22.4 Å². The van der Waals surface area contributed by atoms with Crippen LogP contribution in [0.15, 0.2) is 63.2 Å². The third-order valence-electron chi connectivity index (χ3n) is 5.64. The first-order valence-electron chi connectivity index (χ1n) is 10.8. The molecule has 1 unspecified atom stereocenters. The zero-order valence-corrected chi connectivity index (χ0v) is 19.3. The number of carbonyl (C=O) groups excluding carboxylic acids is 2. The molecule has 1 atom stereocenters. The van der Waals surface area contributed by atoms with Crippen LogP contribution in [0.3, 0.4) is 0 Å². The molecule has 2 N–H and O–H groups in total. The van der Waals surface area contributed by atoms with E-state index in [1.54, 1.807) is 19.1 Å². The molecule has 182 valence electrons. The lowest BCUT2D eigenvalue weighted by Gasteiger charge is -2.36. The number of hydrogen-bond donors (Lipinski definition) is 2. The van der Waals surface area contributed by atoms with Gasteiger partial charge in [0, 0.05) is 38.4 Å². The summed E-state index contributed by atoms with van der Waals surface area (Å²) in [6.07, 6.45) is 1.45. The van der Waals surface area contributed by atoms with Gasteiger partial charge in [0.15, 0.2) is 0 Å². The Morgan fingerprint density at radius 2 is 1.88 bits per heavy atom. The topological polar surface area (TPSA) is 121 Å². The maximum Gasteiger partial charge on any atom is 0.338 e. The van der Waals surface area contributed by atoms with Gasteiger partial charge in [-0.05, 0) is 43.3 Å². The summed E-state index contributed by atoms with van der Waals surface area (Å²) in [5.74, 6) is -0.694. The van der Waals surface area contributed by atoms with E-state index in [4.69, 9.17) is 9.15 Å². The van der Waals surface area contributed by atoms with Crippen LogP contribution in [0.5, 0.6) is 0 Å². The molecule has 10 nitrogen and oxygen atoms in total. The Hall–Kier alpha value is -3.22. The first-order chi connectivity index (χ1) is 16.3. The van der Waals surface area contributed by atoms with Crippen molar-refractivity contribution in [3.05, 3.63) is 65.5 Å². The van der Waals surface area contributed by atoms with E-state index in [0.717, 1.165) is 12.1 Å². The summed E-state index contributed by atoms with van der Waals surface area (Å²) in [4.78, 5) is 27.1. The molecule has 2 amide bonds. The monoisotopic (exact) mass is 492 g/mol. The van der Waals surface area contributed by atoms with Crippen LogP contribution in [0.25, 0.3) is 0 Å². The fourth-order valence-electron chi connectivity index (χ4n) is 3.97. The van der Waals surface area contributed by atoms with Gasteiger partial charge in [0.1, 0.15) is 17.6 Å². The number of esters is 1. The van der Waals surface area contributed by atoms with Gasteiger partial charge in [-0.1, -0.05) is 0 Å². The Balaban J connectivity index is 1.51. The number of furan rings is 1. The van der Waals surface area contributed by atoms with Crippen LogP contribution in [0.1, 0.15) is 18.7 Å². The summed E-state index contributed by atoms with van der Waals surface area (Å²) in [5.41, 5.74) is 0.608. The van der Waals surface area contributed by atoms with E-state index in [-0.39, 0.29) is 36.7 Å². The molecule has 12 heteroatoms. The van der Waals surface area contributed by atoms with Crippen molar-refractivity contribution in [2.75, 3.05) is 39.3 Å². The second-order valence-electron chi connectivity index (χ2n) is 7.79. The van der Waals surface area contributed by atoms with Gasteiger partial charge in [-0.15, -0.1) is 0 Å². The summed E-state index contributed by atoms with van der Waals surface area (Å²) in [7, 11) is -3.75. The number of sulfonamides is 1. The van der Waals surface area contributed by atoms with Crippen LogP contribution < -0.4 is 10.6 Å². The quantitative estimate of drug-likeness (QED) is 0.563. The molecular formula is C22H25FN4O6S. The Kier molecular flexibility index (Phi) is 7.00. The van der Waals surface area contributed by atoms with Crippen molar-refractivity contribution < 1.29 is 31.6 Å². The van der Waals surface area contributed by atoms with Crippen LogP contribution in [0.2, 0.25) is 0 Å². The van der Waals surface area contributed by atoms with Crippen LogP contribution in [-0.4, -0.2) is 69.0 Å². The molecule has 1 fully saturated rings. The number of nitrogens with zero attached hydrogens (tertiary/aromatic N) is 2. The minimum absolute atomic E-state index is 0.0292. The third kappa shape index (κ3) is 4.98. The number of rotatable bonds is 7. The van der Waals surface area contributed by atoms with Gasteiger partial charge in [-0.2, -0.15) is 4.31 Å². The maximum absolute atomic E-state index is 13.2. The van der Waals surface area contributed by atoms with Crippen LogP contribution in [-0.2, 0) is 19.6 Å². The lowest BCUT2D eigenvalue weighted by molar-refractivity contribution is -0.139. The summed E-state index contributed by atoms with van der Waals surface area (Å²) >= 11 is 0. The number of piperazine rings is 1. The SMILES string of the molecule is CCOC(=O)C1=C(CN2CCN(S(=O)(=O)c3ccc(F)cc3)CC2)NC(=O)NC1c1ccco1. The van der Waals surface area contributed by atoms with E-state index in [2.05, 4.69) is 10.6 Å². The molecule has 2 aliphatic rings. The van der Waals surface area contributed by atoms with Gasteiger partial charge >= 0.3 is 12.0 Å². The number of ether oxygens (including phenoxy) is 1. The lowest BCUT2D eigenvalue weighted by Crippen LogP contribution is -2.52. The number of hydrogen-bond acceptors (Lipinski definition) is 7. The van der Waals surface area contributed by atoms with Gasteiger partial charge in [-0.3, -0.25) is 4.90 Å². The fraction of sp³-hybridized carbons (Fsp3) is 0.364. The number of urea groups is 1. The number of nitrogens with one attached hydrogen (secondary N) is 2. The number of carbonyl (C=O) groups is 2. The number of amides is 2. The van der Waals surface area contributed by atoms with Gasteiger partial charge in [-0.25, -0.2) is 22.4 Å². The molecule has 2 aliphatic heterocycles. The smallest absolute Gasteiger partial charge is 0.338 e. The molecule has 1 aromatic carbocycles. The highest BCUT2D eigenvalue weighted by atomic mass is 32.2. The molecule has 0 saturated carbocycles. The molecule has 0 bridgehead atoms. The number of benzene rings is 1. The predicted octanol–water partition coefficient (Wildman–Crippen LogP) is 1.60. The highest BCUT2D eigenvalue weighted by Gasteiger charge is 2.36. The Labute approximate surface area is 196 Å². The first-order valence-corrected chi connectivity index (χ1v) is 12.2. The van der Waals surface area contributed by atoms with Crippen molar-refractivity contribution in [3.63, 3.8) is 0 Å². The summed E-state index contributed by atoms with van der Waals surface area (Å²) in [6, 6.07) is 6.74. The minimum atomic E-state index is -3.75. The average molecular weight is 493 g/mol. The maximum atomic E-state index is 13.2. The molecule has 0 aliphatic carbocycles. The van der Waals surface area contributed by atoms with Gasteiger partial charge in [0.2, 0.25) is 10.0 Å². The standard InChI is InChI=1S/C22H25FN4O6S/c1-2-32-21(28)19-17(24-22(29)25-20(19)18-4-3-13-33-18)14-26-9-11-27(12-10-26)34(30,31)16-7-5-15(23)6-8-16/h3-8,13,20H,2,9-12,14H2,1H3,(H2,24,25,29). The Morgan fingerprint density at radius 1 is 1.18 bits per heavy atom. The predicted molar refractivity (Wildman–Crippen MR) is 118 cm³/mol. The molecule has 0 radical (unpaired) electrons. The lowest BCUT2D eigenvalue weighted by atomic mass is 9.99. The van der Waals surface area contributed by atoms with Crippen molar-refractivity contribution in [1.82, 2.24) is 19.8 Å². The van der Waals surface area contributed by atoms with E-state index in [1.165, 1.54) is 22.7 Å². The first kappa shape index (κ1) is 23.9. The normalized spacial score (nSPS) is 20.1. The zero-order valence-electron chi connectivity index (χ0n) is 18.5. The van der Waals surface area contributed by atoms with E-state index >= 15 is 0 Å². The minimum Gasteiger partial charge on any atom is -0.467 e. The summed E-state index contributed by atoms with van der Waals surface area (Å²) in [6.45, 7) is 3.21. The van der Waals surface area contributed by atoms with Crippen molar-refractivity contribution in [1.29, 1.82) is 0 Å². The fourth-order valence-corrected chi connectivity index (χ4v) is 5.39. The molecule has 3 heterocycles. The Bertz CT molecular complexity index is 1170. The summed E-state index contributed by atoms with van der Waals surface area (Å²) in [5, 5.41) is 5.38. The van der Waals surface area contributed by atoms with Crippen LogP contribution >= 0.6 is 0 Å². The molecular weight excluding hydrogens is 467 g/mol. The molecule has 0 spiro atoms. The van der Waals surface area contributed by atoms with E-state index in [1.807, 2.05) is 4.90 Å². The molecule has 4 rings (SSSR count). The van der Waals surface area contributed by atoms with E-state index in [0.29, 0.717) is 24.5 Å². The second-order valence-corrected chi connectivity index (χ2v) is 9.73. The molecule has 2 aromatic rings. The van der Waals surface area contributed by atoms with Gasteiger partial charge < -0.3 is 19.8 Å². The number of halogens is 1. The average Bonchev–Trinajstić information content (AvgIpc) is 3.34. The molecule has 1 saturated heterocycles. The van der Waals surface area contributed by atoms with Gasteiger partial charge in [0.25, 0.3) is 0 Å². The van der Waals surface area contributed by atoms with Crippen LogP contribution in [0, 0.1) is 5.82 Å². The van der Waals surface area contributed by atoms with Gasteiger partial charge in [0.05, 0.1) is 23.3 Å². The Morgan fingerprint density at radius 3 is 2.50 bits per heavy atom. The third-order valence-corrected chi connectivity index (χ3v) is 7.55.